The van der Waals surface area contributed by atoms with Crippen LogP contribution in [-0.4, -0.2) is 22.5 Å². The van der Waals surface area contributed by atoms with Crippen molar-refractivity contribution < 1.29 is 14.7 Å². The summed E-state index contributed by atoms with van der Waals surface area (Å²) in [5.74, 6) is 0.102. The molecule has 1 N–H and O–H groups in total. The third-order valence-corrected chi connectivity index (χ3v) is 2.80. The van der Waals surface area contributed by atoms with Crippen molar-refractivity contribution in [2.24, 2.45) is 11.1 Å². The molecule has 0 bridgehead atoms. The van der Waals surface area contributed by atoms with E-state index >= 15 is 0 Å². The van der Waals surface area contributed by atoms with Crippen LogP contribution in [0.1, 0.15) is 40.0 Å². The molecule has 0 aromatic rings. The second-order valence-electron chi connectivity index (χ2n) is 4.35. The summed E-state index contributed by atoms with van der Waals surface area (Å²) in [5, 5.41) is 11.6. The molecule has 1 aliphatic rings. The summed E-state index contributed by atoms with van der Waals surface area (Å²) in [4.78, 5) is 11.1. The summed E-state index contributed by atoms with van der Waals surface area (Å²) in [7, 11) is 0. The highest BCUT2D eigenvalue weighted by atomic mass is 16.6. The van der Waals surface area contributed by atoms with E-state index in [0.29, 0.717) is 18.6 Å². The summed E-state index contributed by atoms with van der Waals surface area (Å²) < 4.78 is 5.19. The van der Waals surface area contributed by atoms with Gasteiger partial charge < -0.3 is 9.94 Å². The molecule has 0 aliphatic carbocycles. The third kappa shape index (κ3) is 2.47. The minimum absolute atomic E-state index is 0.126. The minimum Gasteiger partial charge on any atom is -0.459 e. The second kappa shape index (κ2) is 3.98. The lowest BCUT2D eigenvalue weighted by Crippen LogP contribution is -2.27. The van der Waals surface area contributed by atoms with Crippen LogP contribution < -0.4 is 0 Å². The Bertz CT molecular complexity index is 258. The smallest absolute Gasteiger partial charge is 0.306 e. The summed E-state index contributed by atoms with van der Waals surface area (Å²) in [6, 6.07) is 0. The number of oxime groups is 1. The van der Waals surface area contributed by atoms with E-state index in [9.17, 15) is 4.79 Å². The molecule has 1 unspecified atom stereocenters. The Morgan fingerprint density at radius 2 is 2.36 bits per heavy atom. The van der Waals surface area contributed by atoms with Crippen LogP contribution in [0.25, 0.3) is 0 Å². The van der Waals surface area contributed by atoms with Gasteiger partial charge in [-0.2, -0.15) is 0 Å². The first-order valence-electron chi connectivity index (χ1n) is 4.85. The number of carbonyl (C=O) groups excluding carboxylic acids is 1. The zero-order valence-electron chi connectivity index (χ0n) is 8.91. The third-order valence-electron chi connectivity index (χ3n) is 2.80. The second-order valence-corrected chi connectivity index (χ2v) is 4.35. The van der Waals surface area contributed by atoms with Crippen molar-refractivity contribution >= 4 is 11.7 Å². The van der Waals surface area contributed by atoms with Crippen LogP contribution in [0.15, 0.2) is 5.16 Å². The molecule has 0 aromatic heterocycles. The van der Waals surface area contributed by atoms with Crippen LogP contribution in [0.4, 0.5) is 0 Å². The number of esters is 1. The average Bonchev–Trinajstić information content (AvgIpc) is 2.35. The lowest BCUT2D eigenvalue weighted by molar-refractivity contribution is -0.146. The van der Waals surface area contributed by atoms with Crippen LogP contribution >= 0.6 is 0 Å². The van der Waals surface area contributed by atoms with E-state index in [1.165, 1.54) is 0 Å². The van der Waals surface area contributed by atoms with E-state index in [1.807, 2.05) is 13.8 Å². The number of nitrogens with zero attached hydrogens (tertiary/aromatic N) is 1. The maximum Gasteiger partial charge on any atom is 0.306 e. The first-order chi connectivity index (χ1) is 6.45. The zero-order valence-corrected chi connectivity index (χ0v) is 8.91. The van der Waals surface area contributed by atoms with Crippen LogP contribution in [0, 0.1) is 5.92 Å². The lowest BCUT2D eigenvalue weighted by Gasteiger charge is -2.24. The maximum absolute atomic E-state index is 11.1. The van der Waals surface area contributed by atoms with Gasteiger partial charge in [-0.1, -0.05) is 5.16 Å². The van der Waals surface area contributed by atoms with Crippen molar-refractivity contribution in [1.29, 1.82) is 0 Å². The Labute approximate surface area is 83.9 Å². The molecule has 1 aliphatic heterocycles. The first kappa shape index (κ1) is 11.0. The normalized spacial score (nSPS) is 26.4. The lowest BCUT2D eigenvalue weighted by atomic mass is 9.86. The number of hydrogen-bond donors (Lipinski definition) is 1. The number of cyclic esters (lactones) is 1. The molecule has 1 saturated heterocycles. The van der Waals surface area contributed by atoms with Crippen molar-refractivity contribution in [3.63, 3.8) is 0 Å². The molecule has 14 heavy (non-hydrogen) atoms. The van der Waals surface area contributed by atoms with Crippen LogP contribution in [0.2, 0.25) is 0 Å². The number of hydrogen-bond acceptors (Lipinski definition) is 4. The highest BCUT2D eigenvalue weighted by Gasteiger charge is 2.40. The fourth-order valence-electron chi connectivity index (χ4n) is 1.75. The molecular formula is C10H17NO3. The van der Waals surface area contributed by atoms with E-state index in [0.717, 1.165) is 6.42 Å². The zero-order chi connectivity index (χ0) is 10.8. The average molecular weight is 199 g/mol. The molecule has 0 aromatic carbocycles. The Balaban J connectivity index is 2.49. The van der Waals surface area contributed by atoms with Crippen molar-refractivity contribution in [3.05, 3.63) is 0 Å². The molecule has 1 heterocycles. The quantitative estimate of drug-likeness (QED) is 0.327. The Hall–Kier alpha value is -1.06. The molecule has 0 saturated carbocycles. The van der Waals surface area contributed by atoms with Gasteiger partial charge in [-0.3, -0.25) is 4.79 Å². The predicted octanol–water partition coefficient (Wildman–Crippen LogP) is 1.96. The van der Waals surface area contributed by atoms with Crippen LogP contribution in [0.5, 0.6) is 0 Å². The topological polar surface area (TPSA) is 58.9 Å². The van der Waals surface area contributed by atoms with Gasteiger partial charge in [0.2, 0.25) is 0 Å². The van der Waals surface area contributed by atoms with Gasteiger partial charge in [0.15, 0.2) is 0 Å². The highest BCUT2D eigenvalue weighted by molar-refractivity contribution is 5.81. The van der Waals surface area contributed by atoms with Crippen LogP contribution in [-0.2, 0) is 9.53 Å². The van der Waals surface area contributed by atoms with E-state index in [-0.39, 0.29) is 17.5 Å². The van der Waals surface area contributed by atoms with Crippen molar-refractivity contribution in [1.82, 2.24) is 0 Å². The van der Waals surface area contributed by atoms with Gasteiger partial charge in [-0.15, -0.1) is 0 Å². The molecule has 1 fully saturated rings. The minimum atomic E-state index is -0.368. The number of carbonyl (C=O) groups is 1. The SMILES string of the molecule is C/C(CCC1CC(=O)OC1(C)C)=N/O. The molecule has 1 atom stereocenters. The fourth-order valence-corrected chi connectivity index (χ4v) is 1.75. The monoisotopic (exact) mass is 199 g/mol. The van der Waals surface area contributed by atoms with E-state index in [4.69, 9.17) is 9.94 Å². The van der Waals surface area contributed by atoms with Gasteiger partial charge in [0.25, 0.3) is 0 Å². The molecule has 0 radical (unpaired) electrons. The maximum atomic E-state index is 11.1. The van der Waals surface area contributed by atoms with E-state index in [1.54, 1.807) is 6.92 Å². The Morgan fingerprint density at radius 3 is 2.79 bits per heavy atom. The van der Waals surface area contributed by atoms with Gasteiger partial charge >= 0.3 is 5.97 Å². The number of ether oxygens (including phenoxy) is 1. The van der Waals surface area contributed by atoms with Crippen molar-refractivity contribution in [3.8, 4) is 0 Å². The summed E-state index contributed by atoms with van der Waals surface area (Å²) in [6.07, 6.45) is 2.02. The molecule has 0 amide bonds. The standard InChI is InChI=1S/C10H17NO3/c1-7(11-13)4-5-8-6-9(12)14-10(8,2)3/h8,13H,4-6H2,1-3H3/b11-7-. The van der Waals surface area contributed by atoms with Gasteiger partial charge in [0, 0.05) is 5.92 Å². The van der Waals surface area contributed by atoms with Crippen LogP contribution in [0.3, 0.4) is 0 Å². The summed E-state index contributed by atoms with van der Waals surface area (Å²) in [6.45, 7) is 5.62. The van der Waals surface area contributed by atoms with Gasteiger partial charge in [-0.05, 0) is 33.6 Å². The number of rotatable bonds is 3. The summed E-state index contributed by atoms with van der Waals surface area (Å²) in [5.41, 5.74) is 0.326. The van der Waals surface area contributed by atoms with Crippen molar-refractivity contribution in [2.75, 3.05) is 0 Å². The molecule has 0 spiro atoms. The molecule has 80 valence electrons. The highest BCUT2D eigenvalue weighted by Crippen LogP contribution is 2.35. The molecule has 1 rings (SSSR count). The van der Waals surface area contributed by atoms with Gasteiger partial charge in [-0.25, -0.2) is 0 Å². The van der Waals surface area contributed by atoms with Gasteiger partial charge in [0.1, 0.15) is 5.60 Å². The Kier molecular flexibility index (Phi) is 3.13. The first-order valence-corrected chi connectivity index (χ1v) is 4.85. The Morgan fingerprint density at radius 1 is 1.71 bits per heavy atom. The predicted molar refractivity (Wildman–Crippen MR) is 52.4 cm³/mol. The molecule has 4 heteroatoms. The van der Waals surface area contributed by atoms with E-state index < -0.39 is 0 Å². The van der Waals surface area contributed by atoms with Crippen molar-refractivity contribution in [2.45, 2.75) is 45.6 Å². The fraction of sp³-hybridized carbons (Fsp3) is 0.800. The largest absolute Gasteiger partial charge is 0.459 e. The van der Waals surface area contributed by atoms with Gasteiger partial charge in [0.05, 0.1) is 12.1 Å². The van der Waals surface area contributed by atoms with E-state index in [2.05, 4.69) is 5.16 Å². The summed E-state index contributed by atoms with van der Waals surface area (Å²) >= 11 is 0. The molecule has 4 nitrogen and oxygen atoms in total. The molecular weight excluding hydrogens is 182 g/mol.